The van der Waals surface area contributed by atoms with Crippen LogP contribution in [0.3, 0.4) is 0 Å². The number of hydrogen-bond acceptors (Lipinski definition) is 6. The van der Waals surface area contributed by atoms with Gasteiger partial charge in [0, 0.05) is 31.0 Å². The molecule has 8 heteroatoms. The second kappa shape index (κ2) is 10.9. The van der Waals surface area contributed by atoms with Crippen LogP contribution in [0, 0.1) is 5.92 Å². The lowest BCUT2D eigenvalue weighted by molar-refractivity contribution is -0.131. The lowest BCUT2D eigenvalue weighted by atomic mass is 9.90. The van der Waals surface area contributed by atoms with Crippen molar-refractivity contribution in [2.24, 2.45) is 5.92 Å². The van der Waals surface area contributed by atoms with E-state index >= 15 is 0 Å². The Kier molecular flexibility index (Phi) is 7.28. The number of furan rings is 1. The monoisotopic (exact) mass is 487 g/mol. The molecule has 0 bridgehead atoms. The number of aromatic nitrogens is 4. The van der Waals surface area contributed by atoms with Crippen molar-refractivity contribution in [1.82, 2.24) is 24.6 Å². The molecule has 1 aliphatic heterocycles. The van der Waals surface area contributed by atoms with Crippen LogP contribution >= 0.6 is 11.8 Å². The fourth-order valence-electron chi connectivity index (χ4n) is 4.56. The first-order chi connectivity index (χ1) is 17.2. The molecule has 180 valence electrons. The number of thioether (sulfide) groups is 1. The Bertz CT molecular complexity index is 1220. The molecule has 1 atom stereocenters. The van der Waals surface area contributed by atoms with Gasteiger partial charge >= 0.3 is 0 Å². The molecule has 0 unspecified atom stereocenters. The SMILES string of the molecule is C[C@@H](Sc1nnc(-c2cccnc2)n1Cc1ccco1)C(=O)N1CCC(Cc2ccccc2)CC1. The Morgan fingerprint density at radius 2 is 1.91 bits per heavy atom. The first-order valence-electron chi connectivity index (χ1n) is 12.0. The zero-order chi connectivity index (χ0) is 24.0. The highest BCUT2D eigenvalue weighted by atomic mass is 32.2. The zero-order valence-electron chi connectivity index (χ0n) is 19.8. The van der Waals surface area contributed by atoms with E-state index in [-0.39, 0.29) is 11.2 Å². The van der Waals surface area contributed by atoms with Gasteiger partial charge in [0.2, 0.25) is 5.91 Å². The van der Waals surface area contributed by atoms with Crippen LogP contribution in [-0.2, 0) is 17.8 Å². The van der Waals surface area contributed by atoms with Crippen molar-refractivity contribution in [1.29, 1.82) is 0 Å². The quantitative estimate of drug-likeness (QED) is 0.328. The highest BCUT2D eigenvalue weighted by Gasteiger charge is 2.28. The summed E-state index contributed by atoms with van der Waals surface area (Å²) in [4.78, 5) is 19.5. The highest BCUT2D eigenvalue weighted by Crippen LogP contribution is 2.30. The van der Waals surface area contributed by atoms with Crippen molar-refractivity contribution >= 4 is 17.7 Å². The third-order valence-corrected chi connectivity index (χ3v) is 7.52. The van der Waals surface area contributed by atoms with E-state index in [1.165, 1.54) is 17.3 Å². The van der Waals surface area contributed by atoms with E-state index in [0.29, 0.717) is 23.4 Å². The Morgan fingerprint density at radius 3 is 2.63 bits per heavy atom. The molecule has 4 aromatic rings. The van der Waals surface area contributed by atoms with E-state index < -0.39 is 0 Å². The maximum atomic E-state index is 13.3. The number of nitrogens with zero attached hydrogens (tertiary/aromatic N) is 5. The van der Waals surface area contributed by atoms with Gasteiger partial charge in [-0.15, -0.1) is 10.2 Å². The fraction of sp³-hybridized carbons (Fsp3) is 0.333. The number of rotatable bonds is 8. The third-order valence-electron chi connectivity index (χ3n) is 6.45. The topological polar surface area (TPSA) is 77.0 Å². The van der Waals surface area contributed by atoms with Gasteiger partial charge in [0.25, 0.3) is 0 Å². The van der Waals surface area contributed by atoms with E-state index in [1.807, 2.05) is 40.7 Å². The number of carbonyl (C=O) groups excluding carboxylic acids is 1. The molecular weight excluding hydrogens is 458 g/mol. The van der Waals surface area contributed by atoms with E-state index in [1.54, 1.807) is 18.7 Å². The second-order valence-corrected chi connectivity index (χ2v) is 10.2. The Labute approximate surface area is 209 Å². The van der Waals surface area contributed by atoms with Crippen LogP contribution in [-0.4, -0.2) is 48.9 Å². The Morgan fingerprint density at radius 1 is 1.09 bits per heavy atom. The molecule has 1 aromatic carbocycles. The maximum Gasteiger partial charge on any atom is 0.235 e. The molecule has 35 heavy (non-hydrogen) atoms. The smallest absolute Gasteiger partial charge is 0.235 e. The standard InChI is InChI=1S/C27H29N5O2S/c1-20(26(33)31-14-11-22(12-15-31)17-21-7-3-2-4-8-21)35-27-30-29-25(23-9-5-13-28-18-23)32(27)19-24-10-6-16-34-24/h2-10,13,16,18,20,22H,11-12,14-15,17,19H2,1H3/t20-/m1/s1. The molecule has 1 aliphatic rings. The van der Waals surface area contributed by atoms with Crippen molar-refractivity contribution in [3.63, 3.8) is 0 Å². The zero-order valence-corrected chi connectivity index (χ0v) is 20.6. The Balaban J connectivity index is 1.25. The van der Waals surface area contributed by atoms with E-state index in [0.717, 1.165) is 43.7 Å². The molecule has 0 saturated carbocycles. The van der Waals surface area contributed by atoms with Crippen LogP contribution in [0.5, 0.6) is 0 Å². The van der Waals surface area contributed by atoms with Gasteiger partial charge in [0.15, 0.2) is 11.0 Å². The minimum absolute atomic E-state index is 0.156. The van der Waals surface area contributed by atoms with Crippen molar-refractivity contribution < 1.29 is 9.21 Å². The van der Waals surface area contributed by atoms with Crippen LogP contribution < -0.4 is 0 Å². The Hall–Kier alpha value is -3.39. The van der Waals surface area contributed by atoms with Gasteiger partial charge < -0.3 is 9.32 Å². The van der Waals surface area contributed by atoms with Crippen molar-refractivity contribution in [3.05, 3.63) is 84.6 Å². The third kappa shape index (κ3) is 5.65. The number of pyridine rings is 1. The summed E-state index contributed by atoms with van der Waals surface area (Å²) in [7, 11) is 0. The largest absolute Gasteiger partial charge is 0.467 e. The number of hydrogen-bond donors (Lipinski definition) is 0. The lowest BCUT2D eigenvalue weighted by Gasteiger charge is -2.33. The summed E-state index contributed by atoms with van der Waals surface area (Å²) in [5.41, 5.74) is 2.25. The van der Waals surface area contributed by atoms with Crippen LogP contribution in [0.1, 0.15) is 31.1 Å². The summed E-state index contributed by atoms with van der Waals surface area (Å²) >= 11 is 1.45. The molecule has 3 aromatic heterocycles. The molecule has 0 N–H and O–H groups in total. The van der Waals surface area contributed by atoms with Gasteiger partial charge in [-0.25, -0.2) is 0 Å². The van der Waals surface area contributed by atoms with Crippen LogP contribution in [0.2, 0.25) is 0 Å². The molecule has 1 amide bonds. The number of carbonyl (C=O) groups is 1. The van der Waals surface area contributed by atoms with Crippen molar-refractivity contribution in [2.75, 3.05) is 13.1 Å². The number of benzene rings is 1. The predicted molar refractivity (Wildman–Crippen MR) is 136 cm³/mol. The summed E-state index contributed by atoms with van der Waals surface area (Å²) in [6, 6.07) is 18.2. The summed E-state index contributed by atoms with van der Waals surface area (Å²) in [5.74, 6) is 2.29. The van der Waals surface area contributed by atoms with Crippen molar-refractivity contribution in [3.8, 4) is 11.4 Å². The van der Waals surface area contributed by atoms with Crippen LogP contribution in [0.4, 0.5) is 0 Å². The highest BCUT2D eigenvalue weighted by molar-refractivity contribution is 8.00. The molecule has 7 nitrogen and oxygen atoms in total. The molecular formula is C27H29N5O2S. The fourth-order valence-corrected chi connectivity index (χ4v) is 5.49. The van der Waals surface area contributed by atoms with Gasteiger partial charge in [-0.3, -0.25) is 14.3 Å². The van der Waals surface area contributed by atoms with E-state index in [2.05, 4.69) is 45.5 Å². The van der Waals surface area contributed by atoms with Crippen LogP contribution in [0.25, 0.3) is 11.4 Å². The molecule has 5 rings (SSSR count). The second-order valence-electron chi connectivity index (χ2n) is 8.93. The maximum absolute atomic E-state index is 13.3. The average molecular weight is 488 g/mol. The molecule has 4 heterocycles. The van der Waals surface area contributed by atoms with E-state index in [9.17, 15) is 4.79 Å². The van der Waals surface area contributed by atoms with Gasteiger partial charge in [-0.2, -0.15) is 0 Å². The lowest BCUT2D eigenvalue weighted by Crippen LogP contribution is -2.42. The minimum Gasteiger partial charge on any atom is -0.467 e. The number of piperidine rings is 1. The summed E-state index contributed by atoms with van der Waals surface area (Å²) in [6.07, 6.45) is 8.32. The normalized spacial score (nSPS) is 15.3. The molecule has 0 aliphatic carbocycles. The first kappa shape index (κ1) is 23.4. The minimum atomic E-state index is -0.262. The average Bonchev–Trinajstić information content (AvgIpc) is 3.56. The van der Waals surface area contributed by atoms with Gasteiger partial charge in [-0.1, -0.05) is 42.1 Å². The summed E-state index contributed by atoms with van der Waals surface area (Å²) in [6.45, 7) is 4.06. The number of likely N-dealkylation sites (tertiary alicyclic amines) is 1. The van der Waals surface area contributed by atoms with Crippen molar-refractivity contribution in [2.45, 2.75) is 43.1 Å². The first-order valence-corrected chi connectivity index (χ1v) is 12.9. The molecule has 1 fully saturated rings. The number of amides is 1. The van der Waals surface area contributed by atoms with Crippen LogP contribution in [0.15, 0.2) is 82.8 Å². The van der Waals surface area contributed by atoms with Gasteiger partial charge in [0.1, 0.15) is 5.76 Å². The van der Waals surface area contributed by atoms with E-state index in [4.69, 9.17) is 4.42 Å². The van der Waals surface area contributed by atoms with Gasteiger partial charge in [-0.05, 0) is 61.9 Å². The van der Waals surface area contributed by atoms with Gasteiger partial charge in [0.05, 0.1) is 18.1 Å². The molecule has 0 radical (unpaired) electrons. The molecule has 1 saturated heterocycles. The summed E-state index contributed by atoms with van der Waals surface area (Å²) < 4.78 is 7.57. The molecule has 0 spiro atoms. The summed E-state index contributed by atoms with van der Waals surface area (Å²) in [5, 5.41) is 9.29. The predicted octanol–water partition coefficient (Wildman–Crippen LogP) is 4.94.